The molecule has 0 spiro atoms. The number of halogens is 1. The van der Waals surface area contributed by atoms with Gasteiger partial charge in [-0.1, -0.05) is 43.5 Å². The maximum atomic E-state index is 13.9. The van der Waals surface area contributed by atoms with Crippen LogP contribution >= 0.6 is 11.6 Å². The summed E-state index contributed by atoms with van der Waals surface area (Å²) in [6, 6.07) is 11.2. The Kier molecular flexibility index (Phi) is 9.61. The first-order valence-electron chi connectivity index (χ1n) is 13.5. The number of amides is 2. The standard InChI is InChI=1S/C28H36ClN3O6S/c1-3-24(28(34)30-22-7-5-6-8-22)31(18-20-9-11-21(29)12-10-20)27(33)19-32(39(35,36)4-2)23-13-14-25-26(17-23)38-16-15-37-25/h9-14,17,22,24H,3-8,15-16,18-19H2,1-2H3,(H,30,34)/t24-/m1/s1. The van der Waals surface area contributed by atoms with Gasteiger partial charge in [-0.2, -0.15) is 0 Å². The summed E-state index contributed by atoms with van der Waals surface area (Å²) in [5.41, 5.74) is 1.08. The number of fused-ring (bicyclic) bond motifs is 1. The molecule has 0 unspecified atom stereocenters. The zero-order valence-electron chi connectivity index (χ0n) is 22.4. The lowest BCUT2D eigenvalue weighted by Gasteiger charge is -2.34. The molecule has 4 rings (SSSR count). The van der Waals surface area contributed by atoms with Gasteiger partial charge in [-0.15, -0.1) is 0 Å². The van der Waals surface area contributed by atoms with Gasteiger partial charge in [0.2, 0.25) is 21.8 Å². The third-order valence-electron chi connectivity index (χ3n) is 7.15. The molecule has 0 aromatic heterocycles. The molecule has 2 aromatic carbocycles. The molecule has 0 saturated heterocycles. The minimum absolute atomic E-state index is 0.0914. The fourth-order valence-electron chi connectivity index (χ4n) is 4.98. The van der Waals surface area contributed by atoms with Crippen LogP contribution < -0.4 is 19.1 Å². The van der Waals surface area contributed by atoms with Crippen molar-refractivity contribution in [3.63, 3.8) is 0 Å². The van der Waals surface area contributed by atoms with Crippen molar-refractivity contribution < 1.29 is 27.5 Å². The van der Waals surface area contributed by atoms with Crippen LogP contribution in [0.2, 0.25) is 5.02 Å². The van der Waals surface area contributed by atoms with Gasteiger partial charge < -0.3 is 19.7 Å². The average molecular weight is 578 g/mol. The van der Waals surface area contributed by atoms with E-state index in [0.29, 0.717) is 41.8 Å². The molecule has 1 N–H and O–H groups in total. The molecule has 0 radical (unpaired) electrons. The summed E-state index contributed by atoms with van der Waals surface area (Å²) in [6.07, 6.45) is 4.34. The Morgan fingerprint density at radius 1 is 1.03 bits per heavy atom. The van der Waals surface area contributed by atoms with Gasteiger partial charge in [-0.05, 0) is 56.0 Å². The van der Waals surface area contributed by atoms with Crippen LogP contribution in [0.15, 0.2) is 42.5 Å². The minimum atomic E-state index is -3.85. The number of benzene rings is 2. The fraction of sp³-hybridized carbons (Fsp3) is 0.500. The number of nitrogens with zero attached hydrogens (tertiary/aromatic N) is 2. The monoisotopic (exact) mass is 577 g/mol. The van der Waals surface area contributed by atoms with E-state index in [0.717, 1.165) is 35.6 Å². The van der Waals surface area contributed by atoms with Gasteiger partial charge in [0.15, 0.2) is 11.5 Å². The number of rotatable bonds is 11. The summed E-state index contributed by atoms with van der Waals surface area (Å²) in [6.45, 7) is 3.80. The number of anilines is 1. The number of ether oxygens (including phenoxy) is 2. The maximum absolute atomic E-state index is 13.9. The van der Waals surface area contributed by atoms with E-state index < -0.39 is 28.5 Å². The lowest BCUT2D eigenvalue weighted by atomic mass is 10.1. The first kappa shape index (κ1) is 29.0. The van der Waals surface area contributed by atoms with E-state index in [-0.39, 0.29) is 24.2 Å². The summed E-state index contributed by atoms with van der Waals surface area (Å²) in [5.74, 6) is 0.0268. The van der Waals surface area contributed by atoms with Crippen LogP contribution in [-0.4, -0.2) is 62.7 Å². The van der Waals surface area contributed by atoms with E-state index >= 15 is 0 Å². The molecule has 1 aliphatic carbocycles. The summed E-state index contributed by atoms with van der Waals surface area (Å²) < 4.78 is 38.7. The van der Waals surface area contributed by atoms with Gasteiger partial charge in [0.25, 0.3) is 0 Å². The van der Waals surface area contributed by atoms with Crippen molar-refractivity contribution in [2.24, 2.45) is 0 Å². The van der Waals surface area contributed by atoms with Crippen LogP contribution in [0.3, 0.4) is 0 Å². The number of hydrogen-bond acceptors (Lipinski definition) is 6. The maximum Gasteiger partial charge on any atom is 0.244 e. The van der Waals surface area contributed by atoms with Crippen molar-refractivity contribution in [3.8, 4) is 11.5 Å². The third-order valence-corrected chi connectivity index (χ3v) is 9.14. The summed E-state index contributed by atoms with van der Waals surface area (Å²) in [5, 5.41) is 3.66. The second kappa shape index (κ2) is 12.9. The summed E-state index contributed by atoms with van der Waals surface area (Å²) in [4.78, 5) is 28.8. The van der Waals surface area contributed by atoms with Gasteiger partial charge in [0.05, 0.1) is 11.4 Å². The second-order valence-corrected chi connectivity index (χ2v) is 12.4. The van der Waals surface area contributed by atoms with Crippen LogP contribution in [0.1, 0.15) is 51.5 Å². The molecule has 2 aliphatic rings. The molecule has 1 saturated carbocycles. The van der Waals surface area contributed by atoms with Crippen molar-refractivity contribution >= 4 is 39.1 Å². The normalized spacial score (nSPS) is 16.0. The first-order chi connectivity index (χ1) is 18.7. The number of sulfonamides is 1. The van der Waals surface area contributed by atoms with E-state index in [9.17, 15) is 18.0 Å². The molecule has 9 nitrogen and oxygen atoms in total. The largest absolute Gasteiger partial charge is 0.486 e. The number of nitrogens with one attached hydrogen (secondary N) is 1. The highest BCUT2D eigenvalue weighted by atomic mass is 35.5. The van der Waals surface area contributed by atoms with Gasteiger partial charge in [-0.25, -0.2) is 8.42 Å². The van der Waals surface area contributed by atoms with E-state index in [4.69, 9.17) is 21.1 Å². The lowest BCUT2D eigenvalue weighted by Crippen LogP contribution is -2.53. The predicted octanol–water partition coefficient (Wildman–Crippen LogP) is 4.13. The predicted molar refractivity (Wildman–Crippen MR) is 151 cm³/mol. The Morgan fingerprint density at radius 3 is 2.33 bits per heavy atom. The molecular formula is C28H36ClN3O6S. The van der Waals surface area contributed by atoms with Crippen molar-refractivity contribution in [3.05, 3.63) is 53.1 Å². The van der Waals surface area contributed by atoms with Gasteiger partial charge in [-0.3, -0.25) is 13.9 Å². The highest BCUT2D eigenvalue weighted by Crippen LogP contribution is 2.35. The second-order valence-electron chi connectivity index (χ2n) is 9.80. The van der Waals surface area contributed by atoms with Crippen LogP contribution in [0.25, 0.3) is 0 Å². The number of carbonyl (C=O) groups is 2. The van der Waals surface area contributed by atoms with Gasteiger partial charge >= 0.3 is 0 Å². The Balaban J connectivity index is 1.64. The van der Waals surface area contributed by atoms with Gasteiger partial charge in [0.1, 0.15) is 25.8 Å². The fourth-order valence-corrected chi connectivity index (χ4v) is 6.16. The third kappa shape index (κ3) is 7.16. The molecule has 2 aromatic rings. The highest BCUT2D eigenvalue weighted by molar-refractivity contribution is 7.92. The molecule has 1 heterocycles. The SMILES string of the molecule is CC[C@H](C(=O)NC1CCCC1)N(Cc1ccc(Cl)cc1)C(=O)CN(c1ccc2c(c1)OCCO2)S(=O)(=O)CC. The van der Waals surface area contributed by atoms with Gasteiger partial charge in [0, 0.05) is 23.7 Å². The van der Waals surface area contributed by atoms with E-state index in [1.54, 1.807) is 42.5 Å². The molecular weight excluding hydrogens is 542 g/mol. The first-order valence-corrected chi connectivity index (χ1v) is 15.4. The zero-order valence-corrected chi connectivity index (χ0v) is 24.0. The molecule has 2 amide bonds. The molecule has 212 valence electrons. The lowest BCUT2D eigenvalue weighted by molar-refractivity contribution is -0.140. The average Bonchev–Trinajstić information content (AvgIpc) is 3.45. The Bertz CT molecular complexity index is 1260. The van der Waals surface area contributed by atoms with Crippen LogP contribution in [0, 0.1) is 0 Å². The van der Waals surface area contributed by atoms with Crippen LogP contribution in [0.4, 0.5) is 5.69 Å². The molecule has 1 fully saturated rings. The van der Waals surface area contributed by atoms with E-state index in [1.165, 1.54) is 11.8 Å². The van der Waals surface area contributed by atoms with Crippen molar-refractivity contribution in [2.75, 3.05) is 29.8 Å². The molecule has 11 heteroatoms. The van der Waals surface area contributed by atoms with E-state index in [1.807, 2.05) is 6.92 Å². The molecule has 0 bridgehead atoms. The van der Waals surface area contributed by atoms with E-state index in [2.05, 4.69) is 5.32 Å². The topological polar surface area (TPSA) is 105 Å². The summed E-state index contributed by atoms with van der Waals surface area (Å²) >= 11 is 6.06. The quantitative estimate of drug-likeness (QED) is 0.430. The smallest absolute Gasteiger partial charge is 0.244 e. The Labute approximate surface area is 235 Å². The van der Waals surface area contributed by atoms with Crippen LogP contribution in [0.5, 0.6) is 11.5 Å². The molecule has 39 heavy (non-hydrogen) atoms. The van der Waals surface area contributed by atoms with Crippen molar-refractivity contribution in [2.45, 2.75) is 64.6 Å². The van der Waals surface area contributed by atoms with Crippen molar-refractivity contribution in [1.82, 2.24) is 10.2 Å². The molecule has 1 aliphatic heterocycles. The summed E-state index contributed by atoms with van der Waals surface area (Å²) in [7, 11) is -3.85. The highest BCUT2D eigenvalue weighted by Gasteiger charge is 2.34. The Morgan fingerprint density at radius 2 is 1.69 bits per heavy atom. The van der Waals surface area contributed by atoms with Crippen molar-refractivity contribution in [1.29, 1.82) is 0 Å². The number of hydrogen-bond donors (Lipinski definition) is 1. The zero-order chi connectivity index (χ0) is 28.0. The molecule has 1 atom stereocenters. The number of carbonyl (C=O) groups excluding carboxylic acids is 2. The van der Waals surface area contributed by atoms with Crippen LogP contribution in [-0.2, 0) is 26.2 Å². The Hall–Kier alpha value is -2.98. The minimum Gasteiger partial charge on any atom is -0.486 e.